The zero-order chi connectivity index (χ0) is 50.0. The van der Waals surface area contributed by atoms with Crippen LogP contribution in [0.5, 0.6) is 0 Å². The number of aromatic nitrogens is 1. The van der Waals surface area contributed by atoms with Crippen molar-refractivity contribution in [2.75, 3.05) is 73.1 Å². The van der Waals surface area contributed by atoms with E-state index in [1.807, 2.05) is 48.5 Å². The van der Waals surface area contributed by atoms with Crippen molar-refractivity contribution in [3.8, 4) is 0 Å². The van der Waals surface area contributed by atoms with Crippen LogP contribution in [0.4, 0.5) is 26.3 Å². The van der Waals surface area contributed by atoms with Gasteiger partial charge in [0.05, 0.1) is 58.1 Å². The second-order valence-corrected chi connectivity index (χ2v) is 19.4. The highest BCUT2D eigenvalue weighted by Gasteiger charge is 2.50. The number of amides is 3. The fourth-order valence-electron chi connectivity index (χ4n) is 10.1. The number of pyridine rings is 1. The van der Waals surface area contributed by atoms with Crippen molar-refractivity contribution in [1.29, 1.82) is 0 Å². The van der Waals surface area contributed by atoms with Crippen LogP contribution in [0.2, 0.25) is 10.0 Å². The molecule has 4 aromatic carbocycles. The van der Waals surface area contributed by atoms with E-state index in [9.17, 15) is 40.7 Å². The van der Waals surface area contributed by atoms with Crippen LogP contribution in [0.1, 0.15) is 69.6 Å². The van der Waals surface area contributed by atoms with E-state index in [1.165, 1.54) is 10.5 Å². The quantitative estimate of drug-likeness (QED) is 0.102. The van der Waals surface area contributed by atoms with Gasteiger partial charge in [-0.25, -0.2) is 0 Å². The number of hydrogen-bond donors (Lipinski definition) is 0. The average molecular weight is 1010 g/mol. The summed E-state index contributed by atoms with van der Waals surface area (Å²) >= 11 is 12.8. The van der Waals surface area contributed by atoms with Crippen LogP contribution in [0.25, 0.3) is 10.9 Å². The van der Waals surface area contributed by atoms with Gasteiger partial charge in [0.1, 0.15) is 12.2 Å². The van der Waals surface area contributed by atoms with Crippen LogP contribution in [-0.2, 0) is 55.3 Å². The van der Waals surface area contributed by atoms with Gasteiger partial charge in [0.25, 0.3) is 5.91 Å². The SMILES string of the molecule is CN(CCCN(C)C(=O)Cc1ccc2ccccc2n1)C(=O)CO[C@H]1Cc2ccccc2C12CCN(CC[C@@]1(c3ccc(Cl)c(Cl)c3)CN(C(=O)c3cc(C(F)(F)F)cc(C(F)(F)F)c3)CCO1)CC2. The highest BCUT2D eigenvalue weighted by atomic mass is 35.5. The first kappa shape index (κ1) is 51.1. The summed E-state index contributed by atoms with van der Waals surface area (Å²) in [4.78, 5) is 51.8. The van der Waals surface area contributed by atoms with Gasteiger partial charge >= 0.3 is 12.4 Å². The Morgan fingerprint density at radius 1 is 0.800 bits per heavy atom. The highest BCUT2D eigenvalue weighted by molar-refractivity contribution is 6.42. The number of fused-ring (bicyclic) bond motifs is 3. The van der Waals surface area contributed by atoms with Crippen LogP contribution in [-0.4, -0.2) is 122 Å². The van der Waals surface area contributed by atoms with Gasteiger partial charge in [0, 0.05) is 56.6 Å². The summed E-state index contributed by atoms with van der Waals surface area (Å²) in [5.41, 5.74) is -1.08. The van der Waals surface area contributed by atoms with Crippen LogP contribution >= 0.6 is 23.2 Å². The van der Waals surface area contributed by atoms with Crippen LogP contribution in [0.15, 0.2) is 97.1 Å². The molecular weight excluding hydrogens is 959 g/mol. The molecule has 0 unspecified atom stereocenters. The predicted octanol–water partition coefficient (Wildman–Crippen LogP) is 9.86. The molecule has 0 radical (unpaired) electrons. The molecule has 18 heteroatoms. The number of morpholine rings is 1. The van der Waals surface area contributed by atoms with Gasteiger partial charge < -0.3 is 29.1 Å². The lowest BCUT2D eigenvalue weighted by atomic mass is 9.72. The van der Waals surface area contributed by atoms with Crippen LogP contribution in [0, 0.1) is 0 Å². The van der Waals surface area contributed by atoms with Crippen molar-refractivity contribution >= 4 is 51.8 Å². The molecule has 0 bridgehead atoms. The highest BCUT2D eigenvalue weighted by Crippen LogP contribution is 2.48. The van der Waals surface area contributed by atoms with Crippen molar-refractivity contribution in [2.45, 2.75) is 68.0 Å². The zero-order valence-corrected chi connectivity index (χ0v) is 40.2. The number of ether oxygens (including phenoxy) is 2. The maximum atomic E-state index is 13.9. The molecule has 3 amide bonds. The Balaban J connectivity index is 0.894. The number of rotatable bonds is 14. The number of likely N-dealkylation sites (N-methyl/N-ethyl adjacent to an activating group) is 2. The summed E-state index contributed by atoms with van der Waals surface area (Å²) in [6.45, 7) is 2.21. The summed E-state index contributed by atoms with van der Waals surface area (Å²) in [6, 6.07) is 25.6. The van der Waals surface area contributed by atoms with Crippen molar-refractivity contribution < 1.29 is 50.2 Å². The maximum Gasteiger partial charge on any atom is 0.416 e. The first-order valence-corrected chi connectivity index (χ1v) is 23.9. The Hall–Kier alpha value is -5.26. The summed E-state index contributed by atoms with van der Waals surface area (Å²) < 4.78 is 95.8. The average Bonchev–Trinajstić information content (AvgIpc) is 3.64. The second kappa shape index (κ2) is 20.8. The Kier molecular flexibility index (Phi) is 15.2. The lowest BCUT2D eigenvalue weighted by Gasteiger charge is -2.46. The van der Waals surface area contributed by atoms with Gasteiger partial charge in [0.2, 0.25) is 11.8 Å². The minimum atomic E-state index is -5.12. The molecule has 10 nitrogen and oxygen atoms in total. The molecule has 2 atom stereocenters. The summed E-state index contributed by atoms with van der Waals surface area (Å²) in [5.74, 6) is -1.22. The van der Waals surface area contributed by atoms with E-state index in [0.29, 0.717) is 88.2 Å². The molecule has 1 aliphatic carbocycles. The van der Waals surface area contributed by atoms with E-state index in [1.54, 1.807) is 42.1 Å². The Morgan fingerprint density at radius 3 is 2.17 bits per heavy atom. The number of alkyl halides is 6. The number of carbonyl (C=O) groups is 3. The third kappa shape index (κ3) is 11.3. The molecule has 1 aromatic heterocycles. The first-order chi connectivity index (χ1) is 33.2. The number of hydrogen-bond acceptors (Lipinski definition) is 7. The smallest absolute Gasteiger partial charge is 0.367 e. The number of para-hydroxylation sites is 1. The third-order valence-corrected chi connectivity index (χ3v) is 14.9. The van der Waals surface area contributed by atoms with E-state index in [4.69, 9.17) is 32.7 Å². The summed E-state index contributed by atoms with van der Waals surface area (Å²) in [5, 5.41) is 1.48. The molecule has 0 saturated carbocycles. The molecule has 372 valence electrons. The molecule has 2 saturated heterocycles. The standard InChI is InChI=1S/C52H53Cl2F6N5O5/c1-62(46(66)31-40-14-12-34-8-4-6-11-44(34)61-40)19-7-20-63(2)47(67)32-69-45-28-35-9-3-5-10-41(35)49(45)16-21-64(22-17-49)23-18-50(37-13-15-42(53)43(54)30-37)33-65(24-25-70-50)48(68)36-26-38(51(55,56)57)29-39(27-36)52(58,59)60/h3-6,8-15,26-27,29-30,45H,7,16-25,28,31-33H2,1-2H3/t45-,50-/m0/s1. The van der Waals surface area contributed by atoms with E-state index in [-0.39, 0.29) is 72.2 Å². The summed E-state index contributed by atoms with van der Waals surface area (Å²) in [6.07, 6.45) is -7.42. The minimum absolute atomic E-state index is 0.00259. The summed E-state index contributed by atoms with van der Waals surface area (Å²) in [7, 11) is 3.48. The Bertz CT molecular complexity index is 2700. The molecular formula is C52H53Cl2F6N5O5. The third-order valence-electron chi connectivity index (χ3n) is 14.1. The monoisotopic (exact) mass is 1010 g/mol. The normalized spacial score (nSPS) is 19.3. The Labute approximate surface area is 412 Å². The molecule has 70 heavy (non-hydrogen) atoms. The van der Waals surface area contributed by atoms with Crippen molar-refractivity contribution in [3.05, 3.63) is 146 Å². The molecule has 0 N–H and O–H groups in total. The number of likely N-dealkylation sites (tertiary alicyclic amines) is 1. The molecule has 2 fully saturated rings. The fourth-order valence-corrected chi connectivity index (χ4v) is 10.4. The lowest BCUT2D eigenvalue weighted by Crippen LogP contribution is -2.54. The van der Waals surface area contributed by atoms with E-state index >= 15 is 0 Å². The first-order valence-electron chi connectivity index (χ1n) is 23.2. The van der Waals surface area contributed by atoms with Gasteiger partial charge in [-0.05, 0) is 104 Å². The molecule has 2 aliphatic heterocycles. The van der Waals surface area contributed by atoms with Gasteiger partial charge in [-0.3, -0.25) is 19.4 Å². The molecule has 5 aromatic rings. The number of carbonyl (C=O) groups excluding carboxylic acids is 3. The van der Waals surface area contributed by atoms with Gasteiger partial charge in [-0.15, -0.1) is 0 Å². The van der Waals surface area contributed by atoms with E-state index in [2.05, 4.69) is 22.0 Å². The predicted molar refractivity (Wildman–Crippen MR) is 254 cm³/mol. The maximum absolute atomic E-state index is 13.9. The zero-order valence-electron chi connectivity index (χ0n) is 38.7. The van der Waals surface area contributed by atoms with E-state index < -0.39 is 40.6 Å². The van der Waals surface area contributed by atoms with Crippen molar-refractivity contribution in [3.63, 3.8) is 0 Å². The van der Waals surface area contributed by atoms with E-state index in [0.717, 1.165) is 16.5 Å². The Morgan fingerprint density at radius 2 is 1.47 bits per heavy atom. The number of piperidine rings is 1. The molecule has 8 rings (SSSR count). The minimum Gasteiger partial charge on any atom is -0.367 e. The topological polar surface area (TPSA) is 95.5 Å². The van der Waals surface area contributed by atoms with Gasteiger partial charge in [-0.1, -0.05) is 77.8 Å². The van der Waals surface area contributed by atoms with Crippen molar-refractivity contribution in [1.82, 2.24) is 24.6 Å². The van der Waals surface area contributed by atoms with Crippen LogP contribution in [0.3, 0.4) is 0 Å². The number of nitrogens with zero attached hydrogens (tertiary/aromatic N) is 5. The molecule has 3 aliphatic rings. The second-order valence-electron chi connectivity index (χ2n) is 18.6. The molecule has 3 heterocycles. The van der Waals surface area contributed by atoms with Crippen LogP contribution < -0.4 is 0 Å². The lowest BCUT2D eigenvalue weighted by molar-refractivity contribution is -0.143. The van der Waals surface area contributed by atoms with Crippen molar-refractivity contribution in [2.24, 2.45) is 0 Å². The molecule has 1 spiro atoms. The van der Waals surface area contributed by atoms with Gasteiger partial charge in [0.15, 0.2) is 0 Å². The number of benzene rings is 4. The largest absolute Gasteiger partial charge is 0.416 e. The fraction of sp³-hybridized carbons (Fsp3) is 0.423. The van der Waals surface area contributed by atoms with Gasteiger partial charge in [-0.2, -0.15) is 26.3 Å². The number of halogens is 8.